The molecule has 0 spiro atoms. The van der Waals surface area contributed by atoms with Gasteiger partial charge in [0.25, 0.3) is 0 Å². The maximum Gasteiger partial charge on any atom is 0.200 e. The van der Waals surface area contributed by atoms with Crippen molar-refractivity contribution in [3.63, 3.8) is 0 Å². The molecule has 2 aromatic heterocycles. The maximum atomic E-state index is 5.45. The summed E-state index contributed by atoms with van der Waals surface area (Å²) in [5.41, 5.74) is 0.650. The Morgan fingerprint density at radius 2 is 2.41 bits per heavy atom. The molecule has 17 heavy (non-hydrogen) atoms. The second kappa shape index (κ2) is 4.53. The minimum absolute atomic E-state index is 0.296. The lowest BCUT2D eigenvalue weighted by atomic mass is 10.2. The molecule has 3 heterocycles. The molecule has 1 aliphatic heterocycles. The Labute approximate surface area is 106 Å². The van der Waals surface area contributed by atoms with Crippen molar-refractivity contribution in [1.82, 2.24) is 25.3 Å². The van der Waals surface area contributed by atoms with E-state index in [1.54, 1.807) is 0 Å². The lowest BCUT2D eigenvalue weighted by Gasteiger charge is -2.35. The summed E-state index contributed by atoms with van der Waals surface area (Å²) in [5, 5.41) is 16.4. The highest BCUT2D eigenvalue weighted by Crippen LogP contribution is 2.18. The van der Waals surface area contributed by atoms with Crippen molar-refractivity contribution in [3.8, 4) is 0 Å². The predicted octanol–water partition coefficient (Wildman–Crippen LogP) is 0.119. The average molecular weight is 299 g/mol. The fraction of sp³-hybridized carbons (Fsp3) is 0.556. The fourth-order valence-corrected chi connectivity index (χ4v) is 2.41. The Morgan fingerprint density at radius 1 is 1.47 bits per heavy atom. The largest absolute Gasteiger partial charge is 0.377 e. The number of hydrogen-bond donors (Lipinski definition) is 0. The smallest absolute Gasteiger partial charge is 0.200 e. The summed E-state index contributed by atoms with van der Waals surface area (Å²) in [6.45, 7) is 2.26. The van der Waals surface area contributed by atoms with Crippen molar-refractivity contribution in [2.75, 3.05) is 30.0 Å². The first-order chi connectivity index (χ1) is 8.38. The maximum absolute atomic E-state index is 5.45. The van der Waals surface area contributed by atoms with Gasteiger partial charge in [0, 0.05) is 11.9 Å². The van der Waals surface area contributed by atoms with Crippen LogP contribution in [0.4, 0.5) is 5.82 Å². The Hall–Kier alpha value is -1.28. The number of tetrazole rings is 1. The summed E-state index contributed by atoms with van der Waals surface area (Å²) < 4.78 is 6.89. The molecule has 1 aliphatic rings. The Bertz CT molecular complexity index is 517. The number of anilines is 1. The summed E-state index contributed by atoms with van der Waals surface area (Å²) in [7, 11) is 0. The molecule has 2 aromatic rings. The van der Waals surface area contributed by atoms with Crippen LogP contribution in [0.1, 0.15) is 0 Å². The van der Waals surface area contributed by atoms with E-state index in [0.717, 1.165) is 24.3 Å². The number of ether oxygens (including phenoxy) is 1. The number of fused-ring (bicyclic) bond motifs is 1. The minimum Gasteiger partial charge on any atom is -0.377 e. The fourth-order valence-electron chi connectivity index (χ4n) is 1.88. The van der Waals surface area contributed by atoms with E-state index in [9.17, 15) is 0 Å². The molecule has 7 nitrogen and oxygen atoms in total. The van der Waals surface area contributed by atoms with Gasteiger partial charge in [-0.3, -0.25) is 0 Å². The van der Waals surface area contributed by atoms with Gasteiger partial charge in [0.05, 0.1) is 19.3 Å². The molecule has 0 amide bonds. The molecule has 8 heteroatoms. The van der Waals surface area contributed by atoms with Gasteiger partial charge in [0.15, 0.2) is 11.5 Å². The lowest BCUT2D eigenvalue weighted by molar-refractivity contribution is 0.0999. The van der Waals surface area contributed by atoms with Crippen LogP contribution in [0, 0.1) is 0 Å². The van der Waals surface area contributed by atoms with Crippen molar-refractivity contribution in [3.05, 3.63) is 12.1 Å². The molecule has 1 unspecified atom stereocenters. The van der Waals surface area contributed by atoms with Crippen molar-refractivity contribution in [1.29, 1.82) is 0 Å². The summed E-state index contributed by atoms with van der Waals surface area (Å²) in [6.07, 6.45) is 0. The minimum atomic E-state index is 0.296. The van der Waals surface area contributed by atoms with Crippen LogP contribution in [0.3, 0.4) is 0 Å². The van der Waals surface area contributed by atoms with Gasteiger partial charge < -0.3 is 9.64 Å². The Kier molecular flexibility index (Phi) is 2.89. The molecule has 0 aliphatic carbocycles. The highest BCUT2D eigenvalue weighted by atomic mass is 79.9. The van der Waals surface area contributed by atoms with E-state index < -0.39 is 0 Å². The lowest BCUT2D eigenvalue weighted by Crippen LogP contribution is -2.47. The van der Waals surface area contributed by atoms with Gasteiger partial charge >= 0.3 is 0 Å². The average Bonchev–Trinajstić information content (AvgIpc) is 2.85. The Balaban J connectivity index is 1.95. The monoisotopic (exact) mass is 298 g/mol. The second-order valence-corrected chi connectivity index (χ2v) is 4.44. The SMILES string of the molecule is BrCC1COCCN1c1ccc2nnnn2n1. The van der Waals surface area contributed by atoms with Gasteiger partial charge in [0.2, 0.25) is 0 Å². The van der Waals surface area contributed by atoms with E-state index in [1.807, 2.05) is 12.1 Å². The van der Waals surface area contributed by atoms with Crippen LogP contribution >= 0.6 is 15.9 Å². The first kappa shape index (κ1) is 10.8. The number of hydrogen-bond acceptors (Lipinski definition) is 6. The van der Waals surface area contributed by atoms with Crippen LogP contribution in [0.5, 0.6) is 0 Å². The highest BCUT2D eigenvalue weighted by molar-refractivity contribution is 9.09. The van der Waals surface area contributed by atoms with Gasteiger partial charge in [0.1, 0.15) is 0 Å². The Morgan fingerprint density at radius 3 is 3.29 bits per heavy atom. The molecule has 1 saturated heterocycles. The van der Waals surface area contributed by atoms with Crippen molar-refractivity contribution in [2.24, 2.45) is 0 Å². The molecular weight excluding hydrogens is 288 g/mol. The van der Waals surface area contributed by atoms with Gasteiger partial charge in [-0.05, 0) is 22.6 Å². The van der Waals surface area contributed by atoms with Gasteiger partial charge in [-0.25, -0.2) is 0 Å². The number of rotatable bonds is 2. The molecule has 0 aromatic carbocycles. The van der Waals surface area contributed by atoms with E-state index >= 15 is 0 Å². The summed E-state index contributed by atoms with van der Waals surface area (Å²) in [4.78, 5) is 2.21. The highest BCUT2D eigenvalue weighted by Gasteiger charge is 2.23. The van der Waals surface area contributed by atoms with E-state index in [4.69, 9.17) is 4.74 Å². The third-order valence-electron chi connectivity index (χ3n) is 2.76. The summed E-state index contributed by atoms with van der Waals surface area (Å²) >= 11 is 3.49. The van der Waals surface area contributed by atoms with Crippen LogP contribution in [0.15, 0.2) is 12.1 Å². The molecule has 0 radical (unpaired) electrons. The first-order valence-corrected chi connectivity index (χ1v) is 6.46. The quantitative estimate of drug-likeness (QED) is 0.734. The molecule has 3 rings (SSSR count). The molecule has 0 bridgehead atoms. The molecule has 90 valence electrons. The van der Waals surface area contributed by atoms with Crippen molar-refractivity contribution >= 4 is 27.4 Å². The number of morpholine rings is 1. The number of aromatic nitrogens is 5. The molecule has 0 N–H and O–H groups in total. The van der Waals surface area contributed by atoms with Gasteiger partial charge in [-0.2, -0.15) is 0 Å². The zero-order chi connectivity index (χ0) is 11.7. The molecular formula is C9H11BrN6O. The van der Waals surface area contributed by atoms with Crippen molar-refractivity contribution in [2.45, 2.75) is 6.04 Å². The van der Waals surface area contributed by atoms with Crippen LogP contribution in [-0.2, 0) is 4.74 Å². The van der Waals surface area contributed by atoms with Gasteiger partial charge in [-0.15, -0.1) is 14.8 Å². The van der Waals surface area contributed by atoms with Crippen LogP contribution in [0.2, 0.25) is 0 Å². The van der Waals surface area contributed by atoms with E-state index in [0.29, 0.717) is 18.3 Å². The number of nitrogens with zero attached hydrogens (tertiary/aromatic N) is 6. The molecule has 1 fully saturated rings. The van der Waals surface area contributed by atoms with Crippen molar-refractivity contribution < 1.29 is 4.74 Å². The van der Waals surface area contributed by atoms with E-state index in [1.165, 1.54) is 4.63 Å². The van der Waals surface area contributed by atoms with Crippen LogP contribution in [-0.4, -0.2) is 56.4 Å². The zero-order valence-electron chi connectivity index (χ0n) is 9.03. The van der Waals surface area contributed by atoms with Crippen LogP contribution < -0.4 is 4.90 Å². The van der Waals surface area contributed by atoms with E-state index in [-0.39, 0.29) is 0 Å². The van der Waals surface area contributed by atoms with Crippen LogP contribution in [0.25, 0.3) is 5.65 Å². The topological polar surface area (TPSA) is 68.4 Å². The molecule has 1 atom stereocenters. The zero-order valence-corrected chi connectivity index (χ0v) is 10.6. The number of alkyl halides is 1. The summed E-state index contributed by atoms with van der Waals surface area (Å²) in [5.74, 6) is 0.873. The normalized spacial score (nSPS) is 21.0. The third-order valence-corrected chi connectivity index (χ3v) is 3.50. The number of halogens is 1. The predicted molar refractivity (Wildman–Crippen MR) is 64.3 cm³/mol. The third kappa shape index (κ3) is 1.98. The molecule has 0 saturated carbocycles. The van der Waals surface area contributed by atoms with Gasteiger partial charge in [-0.1, -0.05) is 15.9 Å². The first-order valence-electron chi connectivity index (χ1n) is 5.34. The summed E-state index contributed by atoms with van der Waals surface area (Å²) in [6, 6.07) is 4.10. The second-order valence-electron chi connectivity index (χ2n) is 3.79. The standard InChI is InChI=1S/C9H11BrN6O/c10-5-7-6-17-4-3-15(7)9-2-1-8-11-13-14-16(8)12-9/h1-2,7H,3-6H2. The van der Waals surface area contributed by atoms with E-state index in [2.05, 4.69) is 41.5 Å².